The van der Waals surface area contributed by atoms with Gasteiger partial charge in [0.1, 0.15) is 5.75 Å². The fourth-order valence-electron chi connectivity index (χ4n) is 5.71. The number of hydrogen-bond donors (Lipinski definition) is 0. The first-order valence-corrected chi connectivity index (χ1v) is 10.2. The molecule has 2 aliphatic carbocycles. The lowest BCUT2D eigenvalue weighted by Crippen LogP contribution is -2.40. The Kier molecular flexibility index (Phi) is 5.44. The first kappa shape index (κ1) is 20.6. The highest BCUT2D eigenvalue weighted by atomic mass is 16.5. The van der Waals surface area contributed by atoms with Crippen LogP contribution >= 0.6 is 0 Å². The number of carbonyl (C=O) groups is 1. The van der Waals surface area contributed by atoms with Crippen LogP contribution in [0.3, 0.4) is 0 Å². The van der Waals surface area contributed by atoms with E-state index in [1.165, 1.54) is 11.1 Å². The van der Waals surface area contributed by atoms with Gasteiger partial charge in [-0.2, -0.15) is 0 Å². The van der Waals surface area contributed by atoms with Gasteiger partial charge in [0.2, 0.25) is 0 Å². The van der Waals surface area contributed by atoms with Crippen molar-refractivity contribution in [3.63, 3.8) is 0 Å². The van der Waals surface area contributed by atoms with E-state index in [1.807, 2.05) is 37.4 Å². The lowest BCUT2D eigenvalue weighted by molar-refractivity contribution is -0.152. The van der Waals surface area contributed by atoms with Crippen molar-refractivity contribution in [2.24, 2.45) is 33.6 Å². The van der Waals surface area contributed by atoms with Gasteiger partial charge in [-0.15, -0.1) is 0 Å². The molecule has 0 aliphatic heterocycles. The number of hydrogen-bond acceptors (Lipinski definition) is 4. The van der Waals surface area contributed by atoms with Crippen LogP contribution in [-0.4, -0.2) is 25.9 Å². The number of aliphatic imine (C=N–C) groups is 1. The number of fused-ring (bicyclic) bond motifs is 2. The van der Waals surface area contributed by atoms with Crippen LogP contribution in [-0.2, 0) is 16.1 Å². The molecule has 1 aromatic rings. The van der Waals surface area contributed by atoms with E-state index in [0.717, 1.165) is 11.3 Å². The molecule has 0 spiro atoms. The molecule has 1 aromatic carbocycles. The number of nitrogens with zero attached hydrogens (tertiary/aromatic N) is 1. The molecule has 1 saturated carbocycles. The molecule has 28 heavy (non-hydrogen) atoms. The lowest BCUT2D eigenvalue weighted by Gasteiger charge is -2.38. The third-order valence-electron chi connectivity index (χ3n) is 7.91. The molecule has 5 unspecified atom stereocenters. The average molecular weight is 384 g/mol. The largest absolute Gasteiger partial charge is 0.497 e. The standard InChI is InChI=1S/C24H33NO3/c1-8-28-22(26)21-20(14-25-13-18-9-11-19(27-7)12-10-18)23(5)15(2)16(3)24(21,6)17(23)4/h9-12,14,17,20-21H,8,13H2,1-7H3/b25-14+. The van der Waals surface area contributed by atoms with Crippen molar-refractivity contribution in [1.82, 2.24) is 0 Å². The molecule has 0 radical (unpaired) electrons. The molecule has 0 aromatic heterocycles. The summed E-state index contributed by atoms with van der Waals surface area (Å²) < 4.78 is 10.7. The molecular formula is C24H33NO3. The molecule has 5 atom stereocenters. The van der Waals surface area contributed by atoms with E-state index >= 15 is 0 Å². The van der Waals surface area contributed by atoms with Gasteiger partial charge in [-0.25, -0.2) is 0 Å². The van der Waals surface area contributed by atoms with Gasteiger partial charge in [-0.05, 0) is 44.4 Å². The Morgan fingerprint density at radius 2 is 1.75 bits per heavy atom. The van der Waals surface area contributed by atoms with Crippen molar-refractivity contribution >= 4 is 12.2 Å². The second kappa shape index (κ2) is 7.38. The zero-order chi connectivity index (χ0) is 20.7. The van der Waals surface area contributed by atoms with E-state index < -0.39 is 0 Å². The summed E-state index contributed by atoms with van der Waals surface area (Å²) in [6, 6.07) is 7.95. The van der Waals surface area contributed by atoms with E-state index in [-0.39, 0.29) is 28.6 Å². The van der Waals surface area contributed by atoms with E-state index in [9.17, 15) is 4.79 Å². The predicted molar refractivity (Wildman–Crippen MR) is 113 cm³/mol. The summed E-state index contributed by atoms with van der Waals surface area (Å²) in [6.45, 7) is 14.1. The third-order valence-corrected chi connectivity index (χ3v) is 7.91. The highest BCUT2D eigenvalue weighted by Gasteiger charge is 2.69. The van der Waals surface area contributed by atoms with Gasteiger partial charge in [-0.1, -0.05) is 44.1 Å². The maximum Gasteiger partial charge on any atom is 0.310 e. The number of allylic oxidation sites excluding steroid dienone is 2. The minimum Gasteiger partial charge on any atom is -0.497 e. The summed E-state index contributed by atoms with van der Waals surface area (Å²) in [5, 5.41) is 0. The molecule has 0 heterocycles. The second-order valence-corrected chi connectivity index (χ2v) is 8.63. The van der Waals surface area contributed by atoms with E-state index in [0.29, 0.717) is 19.1 Å². The van der Waals surface area contributed by atoms with Gasteiger partial charge in [0.05, 0.1) is 26.2 Å². The van der Waals surface area contributed by atoms with Crippen LogP contribution in [0, 0.1) is 28.6 Å². The smallest absolute Gasteiger partial charge is 0.310 e. The summed E-state index contributed by atoms with van der Waals surface area (Å²) in [5.74, 6) is 0.984. The molecule has 4 nitrogen and oxygen atoms in total. The van der Waals surface area contributed by atoms with Crippen LogP contribution in [0.25, 0.3) is 0 Å². The van der Waals surface area contributed by atoms with Crippen LogP contribution < -0.4 is 4.74 Å². The van der Waals surface area contributed by atoms with Gasteiger partial charge < -0.3 is 9.47 Å². The molecule has 4 heteroatoms. The van der Waals surface area contributed by atoms with Crippen LogP contribution in [0.15, 0.2) is 40.4 Å². The maximum absolute atomic E-state index is 13.0. The Morgan fingerprint density at radius 1 is 1.14 bits per heavy atom. The fraction of sp³-hybridized carbons (Fsp3) is 0.583. The Hall–Kier alpha value is -2.10. The Morgan fingerprint density at radius 3 is 2.32 bits per heavy atom. The minimum atomic E-state index is -0.184. The minimum absolute atomic E-state index is 0.0495. The number of esters is 1. The second-order valence-electron chi connectivity index (χ2n) is 8.63. The third kappa shape index (κ3) is 2.80. The molecule has 152 valence electrons. The molecule has 2 aliphatic rings. The van der Waals surface area contributed by atoms with Crippen molar-refractivity contribution in [3.05, 3.63) is 41.0 Å². The Balaban J connectivity index is 1.91. The number of benzene rings is 1. The summed E-state index contributed by atoms with van der Waals surface area (Å²) in [6.07, 6.45) is 2.03. The predicted octanol–water partition coefficient (Wildman–Crippen LogP) is 5.07. The first-order valence-electron chi connectivity index (χ1n) is 10.2. The zero-order valence-corrected chi connectivity index (χ0v) is 18.2. The van der Waals surface area contributed by atoms with Crippen molar-refractivity contribution in [3.8, 4) is 5.75 Å². The molecule has 0 amide bonds. The van der Waals surface area contributed by atoms with Gasteiger partial charge in [0.25, 0.3) is 0 Å². The summed E-state index contributed by atoms with van der Waals surface area (Å²) in [5.41, 5.74) is 3.63. The van der Waals surface area contributed by atoms with Crippen molar-refractivity contribution < 1.29 is 14.3 Å². The molecule has 0 saturated heterocycles. The number of carbonyl (C=O) groups excluding carboxylic acids is 1. The monoisotopic (exact) mass is 383 g/mol. The highest BCUT2D eigenvalue weighted by Crippen LogP contribution is 2.71. The molecule has 1 fully saturated rings. The lowest BCUT2D eigenvalue weighted by atomic mass is 9.66. The van der Waals surface area contributed by atoms with Crippen molar-refractivity contribution in [1.29, 1.82) is 0 Å². The molecular weight excluding hydrogens is 350 g/mol. The Labute approximate surface area is 169 Å². The number of methoxy groups -OCH3 is 1. The van der Waals surface area contributed by atoms with E-state index in [1.54, 1.807) is 7.11 Å². The quantitative estimate of drug-likeness (QED) is 0.391. The molecule has 3 rings (SSSR count). The summed E-state index contributed by atoms with van der Waals surface area (Å²) in [4.78, 5) is 17.7. The van der Waals surface area contributed by atoms with Crippen molar-refractivity contribution in [2.75, 3.05) is 13.7 Å². The molecule has 0 N–H and O–H groups in total. The molecule has 2 bridgehead atoms. The highest BCUT2D eigenvalue weighted by molar-refractivity contribution is 5.83. The first-order chi connectivity index (χ1) is 13.2. The van der Waals surface area contributed by atoms with Crippen LogP contribution in [0.1, 0.15) is 47.1 Å². The van der Waals surface area contributed by atoms with Gasteiger partial charge >= 0.3 is 5.97 Å². The normalized spacial score (nSPS) is 34.3. The van der Waals surface area contributed by atoms with Crippen LogP contribution in [0.4, 0.5) is 0 Å². The van der Waals surface area contributed by atoms with E-state index in [4.69, 9.17) is 14.5 Å². The summed E-state index contributed by atoms with van der Waals surface area (Å²) in [7, 11) is 1.66. The average Bonchev–Trinajstić information content (AvgIpc) is 2.94. The Bertz CT molecular complexity index is 810. The summed E-state index contributed by atoms with van der Waals surface area (Å²) >= 11 is 0. The van der Waals surface area contributed by atoms with Crippen molar-refractivity contribution in [2.45, 2.75) is 48.1 Å². The van der Waals surface area contributed by atoms with Gasteiger partial charge in [0, 0.05) is 23.0 Å². The topological polar surface area (TPSA) is 47.9 Å². The number of rotatable bonds is 6. The number of ether oxygens (including phenoxy) is 2. The fourth-order valence-corrected chi connectivity index (χ4v) is 5.71. The SMILES string of the molecule is CCOC(=O)C1C(/C=N/Cc2ccc(OC)cc2)C2(C)C(C)=C(C)C1(C)C2C. The zero-order valence-electron chi connectivity index (χ0n) is 18.2. The maximum atomic E-state index is 13.0. The van der Waals surface area contributed by atoms with E-state index in [2.05, 4.69) is 34.6 Å². The van der Waals surface area contributed by atoms with Crippen LogP contribution in [0.5, 0.6) is 5.75 Å². The van der Waals surface area contributed by atoms with Crippen LogP contribution in [0.2, 0.25) is 0 Å². The van der Waals surface area contributed by atoms with Gasteiger partial charge in [0.15, 0.2) is 0 Å². The van der Waals surface area contributed by atoms with Gasteiger partial charge in [-0.3, -0.25) is 9.79 Å².